The summed E-state index contributed by atoms with van der Waals surface area (Å²) < 4.78 is 38.2. The third kappa shape index (κ3) is 4.66. The predicted molar refractivity (Wildman–Crippen MR) is 91.1 cm³/mol. The van der Waals surface area contributed by atoms with E-state index in [1.165, 1.54) is 17.0 Å². The number of carbonyl (C=O) groups excluding carboxylic acids is 2. The quantitative estimate of drug-likeness (QED) is 0.642. The molecular weight excluding hydrogens is 353 g/mol. The minimum absolute atomic E-state index is 0.0868. The number of anilines is 1. The van der Waals surface area contributed by atoms with Gasteiger partial charge >= 0.3 is 6.18 Å². The first kappa shape index (κ1) is 19.1. The minimum Gasteiger partial charge on any atom is -0.335 e. The van der Waals surface area contributed by atoms with Crippen molar-refractivity contribution in [2.75, 3.05) is 18.4 Å². The third-order valence-corrected chi connectivity index (χ3v) is 4.51. The fourth-order valence-electron chi connectivity index (χ4n) is 2.21. The van der Waals surface area contributed by atoms with Crippen molar-refractivity contribution in [3.8, 4) is 0 Å². The summed E-state index contributed by atoms with van der Waals surface area (Å²) in [7, 11) is 0. The van der Waals surface area contributed by atoms with E-state index in [0.29, 0.717) is 18.0 Å². The van der Waals surface area contributed by atoms with E-state index in [2.05, 4.69) is 11.9 Å². The maximum atomic E-state index is 12.7. The highest BCUT2D eigenvalue weighted by Gasteiger charge is 2.32. The van der Waals surface area contributed by atoms with E-state index in [0.717, 1.165) is 29.5 Å². The fourth-order valence-corrected chi connectivity index (χ4v) is 3.11. The first-order chi connectivity index (χ1) is 11.6. The van der Waals surface area contributed by atoms with Gasteiger partial charge in [0.1, 0.15) is 0 Å². The number of hydrogen-bond donors (Lipinski definition) is 1. The van der Waals surface area contributed by atoms with Gasteiger partial charge in [-0.1, -0.05) is 23.9 Å². The molecule has 0 atom stereocenters. The zero-order valence-corrected chi connectivity index (χ0v) is 14.6. The molecule has 1 aromatic carbocycles. The van der Waals surface area contributed by atoms with Gasteiger partial charge in [0, 0.05) is 24.1 Å². The lowest BCUT2D eigenvalue weighted by Crippen LogP contribution is -2.31. The van der Waals surface area contributed by atoms with Crippen LogP contribution in [0.15, 0.2) is 46.2 Å². The Balaban J connectivity index is 2.25. The van der Waals surface area contributed by atoms with E-state index in [9.17, 15) is 22.8 Å². The topological polar surface area (TPSA) is 49.4 Å². The number of alkyl halides is 3. The number of likely N-dealkylation sites (N-methyl/N-ethyl adjacent to an activating group) is 1. The van der Waals surface area contributed by atoms with Crippen LogP contribution in [0.4, 0.5) is 18.9 Å². The van der Waals surface area contributed by atoms with Gasteiger partial charge in [-0.3, -0.25) is 9.59 Å². The molecule has 1 heterocycles. The summed E-state index contributed by atoms with van der Waals surface area (Å²) in [6.07, 6.45) is -3.28. The van der Waals surface area contributed by atoms with Crippen LogP contribution in [0.3, 0.4) is 0 Å². The lowest BCUT2D eigenvalue weighted by Gasteiger charge is -2.22. The molecule has 1 N–H and O–H groups in total. The molecule has 0 saturated heterocycles. The molecule has 0 unspecified atom stereocenters. The highest BCUT2D eigenvalue weighted by molar-refractivity contribution is 8.04. The zero-order valence-electron chi connectivity index (χ0n) is 13.7. The number of hydrogen-bond acceptors (Lipinski definition) is 3. The molecular formula is C17H17F3N2O2S. The molecule has 1 aliphatic rings. The number of fused-ring (bicyclic) bond motifs is 1. The monoisotopic (exact) mass is 370 g/mol. The summed E-state index contributed by atoms with van der Waals surface area (Å²) in [5.74, 6) is -0.949. The summed E-state index contributed by atoms with van der Waals surface area (Å²) in [5.41, 5.74) is 0.0531. The van der Waals surface area contributed by atoms with Crippen molar-refractivity contribution in [1.82, 2.24) is 4.90 Å². The van der Waals surface area contributed by atoms with Gasteiger partial charge in [-0.15, -0.1) is 0 Å². The Kier molecular flexibility index (Phi) is 5.62. The van der Waals surface area contributed by atoms with E-state index in [1.54, 1.807) is 13.8 Å². The smallest absolute Gasteiger partial charge is 0.335 e. The lowest BCUT2D eigenvalue weighted by molar-refractivity contribution is -0.137. The van der Waals surface area contributed by atoms with Gasteiger partial charge in [0.05, 0.1) is 16.2 Å². The molecule has 8 heteroatoms. The molecule has 0 aromatic heterocycles. The summed E-state index contributed by atoms with van der Waals surface area (Å²) in [4.78, 5) is 26.5. The molecule has 2 rings (SSSR count). The highest BCUT2D eigenvalue weighted by Crippen LogP contribution is 2.41. The van der Waals surface area contributed by atoms with Gasteiger partial charge in [0.2, 0.25) is 5.91 Å². The number of thioether (sulfide) groups is 1. The third-order valence-electron chi connectivity index (χ3n) is 3.41. The molecule has 0 radical (unpaired) electrons. The van der Waals surface area contributed by atoms with Crippen LogP contribution in [0.5, 0.6) is 0 Å². The van der Waals surface area contributed by atoms with Crippen LogP contribution in [0.2, 0.25) is 0 Å². The van der Waals surface area contributed by atoms with Crippen molar-refractivity contribution < 1.29 is 22.8 Å². The number of nitrogens with zero attached hydrogens (tertiary/aromatic N) is 1. The second-order valence-electron chi connectivity index (χ2n) is 5.58. The second kappa shape index (κ2) is 7.35. The number of benzene rings is 1. The maximum absolute atomic E-state index is 12.7. The normalized spacial score (nSPS) is 15.6. The first-order valence-corrected chi connectivity index (χ1v) is 8.29. The van der Waals surface area contributed by atoms with E-state index < -0.39 is 17.6 Å². The molecule has 0 saturated carbocycles. The number of rotatable bonds is 4. The van der Waals surface area contributed by atoms with Crippen LogP contribution in [0, 0.1) is 0 Å². The molecule has 0 bridgehead atoms. The summed E-state index contributed by atoms with van der Waals surface area (Å²) in [6.45, 7) is 8.18. The van der Waals surface area contributed by atoms with E-state index in [-0.39, 0.29) is 16.5 Å². The van der Waals surface area contributed by atoms with Crippen molar-refractivity contribution in [2.45, 2.75) is 24.9 Å². The van der Waals surface area contributed by atoms with E-state index in [4.69, 9.17) is 0 Å². The SMILES string of the molecule is C=C(C)CN(CC)C(=O)/C=C1/Sc2ccc(C(F)(F)F)cc2NC1=O. The number of nitrogens with one attached hydrogen (secondary N) is 1. The molecule has 1 aliphatic heterocycles. The molecule has 25 heavy (non-hydrogen) atoms. The molecule has 0 spiro atoms. The van der Waals surface area contributed by atoms with Gasteiger partial charge in [-0.05, 0) is 32.0 Å². The number of carbonyl (C=O) groups is 2. The van der Waals surface area contributed by atoms with Gasteiger partial charge in [0.25, 0.3) is 5.91 Å². The highest BCUT2D eigenvalue weighted by atomic mass is 32.2. The zero-order chi connectivity index (χ0) is 18.8. The molecule has 0 fully saturated rings. The standard InChI is InChI=1S/C17H17F3N2O2S/c1-4-22(9-10(2)3)15(23)8-14-16(24)21-12-7-11(17(18,19)20)5-6-13(12)25-14/h5-8H,2,4,9H2,1,3H3,(H,21,24)/b14-8+. The van der Waals surface area contributed by atoms with Crippen LogP contribution in [-0.2, 0) is 15.8 Å². The minimum atomic E-state index is -4.49. The van der Waals surface area contributed by atoms with Gasteiger partial charge in [0.15, 0.2) is 0 Å². The fraction of sp³-hybridized carbons (Fsp3) is 0.294. The average Bonchev–Trinajstić information content (AvgIpc) is 2.51. The summed E-state index contributed by atoms with van der Waals surface area (Å²) >= 11 is 0.971. The number of halogens is 3. The Morgan fingerprint density at radius 3 is 2.64 bits per heavy atom. The predicted octanol–water partition coefficient (Wildman–Crippen LogP) is 4.06. The Labute approximate surface area is 147 Å². The van der Waals surface area contributed by atoms with Gasteiger partial charge in [-0.2, -0.15) is 13.2 Å². The lowest BCUT2D eigenvalue weighted by atomic mass is 10.2. The van der Waals surface area contributed by atoms with Crippen LogP contribution in [-0.4, -0.2) is 29.8 Å². The van der Waals surface area contributed by atoms with Crippen molar-refractivity contribution in [3.05, 3.63) is 46.9 Å². The van der Waals surface area contributed by atoms with Gasteiger partial charge in [-0.25, -0.2) is 0 Å². The van der Waals surface area contributed by atoms with Crippen molar-refractivity contribution in [3.63, 3.8) is 0 Å². The molecule has 134 valence electrons. The molecule has 2 amide bonds. The largest absolute Gasteiger partial charge is 0.416 e. The second-order valence-corrected chi connectivity index (χ2v) is 6.67. The molecule has 4 nitrogen and oxygen atoms in total. The van der Waals surface area contributed by atoms with E-state index in [1.807, 2.05) is 0 Å². The van der Waals surface area contributed by atoms with E-state index >= 15 is 0 Å². The average molecular weight is 370 g/mol. The van der Waals surface area contributed by atoms with Crippen molar-refractivity contribution in [1.29, 1.82) is 0 Å². The van der Waals surface area contributed by atoms with Crippen molar-refractivity contribution >= 4 is 29.3 Å². The Hall–Kier alpha value is -2.22. The van der Waals surface area contributed by atoms with Crippen LogP contribution < -0.4 is 5.32 Å². The maximum Gasteiger partial charge on any atom is 0.416 e. The Morgan fingerprint density at radius 1 is 1.40 bits per heavy atom. The Morgan fingerprint density at radius 2 is 2.08 bits per heavy atom. The molecule has 1 aromatic rings. The van der Waals surface area contributed by atoms with Crippen LogP contribution in [0.1, 0.15) is 19.4 Å². The van der Waals surface area contributed by atoms with Gasteiger partial charge < -0.3 is 10.2 Å². The summed E-state index contributed by atoms with van der Waals surface area (Å²) in [5, 5.41) is 2.41. The first-order valence-electron chi connectivity index (χ1n) is 7.47. The van der Waals surface area contributed by atoms with Crippen LogP contribution >= 0.6 is 11.8 Å². The van der Waals surface area contributed by atoms with Crippen LogP contribution in [0.25, 0.3) is 0 Å². The van der Waals surface area contributed by atoms with Crippen molar-refractivity contribution in [2.24, 2.45) is 0 Å². The number of amides is 2. The Bertz CT molecular complexity index is 757. The summed E-state index contributed by atoms with van der Waals surface area (Å²) in [6, 6.07) is 3.12. The molecule has 0 aliphatic carbocycles.